The molecule has 5 N–H and O–H groups in total. The number of nitrogens with zero attached hydrogens (tertiary/aromatic N) is 1. The first kappa shape index (κ1) is 21.1. The van der Waals surface area contributed by atoms with Gasteiger partial charge in [0, 0.05) is 29.5 Å². The monoisotopic (exact) mass is 428 g/mol. The highest BCUT2D eigenvalue weighted by molar-refractivity contribution is 6.22. The van der Waals surface area contributed by atoms with Crippen molar-refractivity contribution in [3.05, 3.63) is 40.2 Å². The van der Waals surface area contributed by atoms with Crippen molar-refractivity contribution < 1.29 is 34.8 Å². The first-order chi connectivity index (χ1) is 14.3. The number of nitrogens with two attached hydrogens (primary N) is 1. The van der Waals surface area contributed by atoms with E-state index in [4.69, 9.17) is 5.73 Å². The van der Waals surface area contributed by atoms with Crippen molar-refractivity contribution in [3.63, 3.8) is 0 Å². The van der Waals surface area contributed by atoms with Gasteiger partial charge in [0.1, 0.15) is 22.8 Å². The van der Waals surface area contributed by atoms with Crippen molar-refractivity contribution >= 4 is 28.9 Å². The molecule has 9 nitrogen and oxygen atoms in total. The smallest absolute Gasteiger partial charge is 0.255 e. The fraction of sp³-hybridized carbons (Fsp3) is 0.409. The average molecular weight is 428 g/mol. The molecule has 0 radical (unpaired) electrons. The van der Waals surface area contributed by atoms with Crippen LogP contribution in [0.15, 0.2) is 29.0 Å². The summed E-state index contributed by atoms with van der Waals surface area (Å²) in [5, 5.41) is 45.5. The van der Waals surface area contributed by atoms with Crippen molar-refractivity contribution in [1.29, 1.82) is 0 Å². The maximum atomic E-state index is 13.4. The molecule has 31 heavy (non-hydrogen) atoms. The minimum Gasteiger partial charge on any atom is -0.872 e. The number of ketones is 2. The van der Waals surface area contributed by atoms with Crippen molar-refractivity contribution in [1.82, 2.24) is 4.48 Å². The van der Waals surface area contributed by atoms with Crippen LogP contribution in [0.25, 0.3) is 5.76 Å². The van der Waals surface area contributed by atoms with E-state index in [0.717, 1.165) is 5.69 Å². The van der Waals surface area contributed by atoms with Crippen LogP contribution in [-0.4, -0.2) is 59.5 Å². The lowest BCUT2D eigenvalue weighted by Crippen LogP contribution is -2.58. The summed E-state index contributed by atoms with van der Waals surface area (Å²) in [6, 6.07) is 3.12. The fourth-order valence-electron chi connectivity index (χ4n) is 5.21. The van der Waals surface area contributed by atoms with Gasteiger partial charge in [0.05, 0.1) is 21.1 Å². The topological polar surface area (TPSA) is 161 Å². The van der Waals surface area contributed by atoms with Crippen LogP contribution in [0.4, 0.5) is 5.69 Å². The molecule has 1 aromatic rings. The number of carbonyl (C=O) groups excluding carboxylic acids is 3. The second-order valence-electron chi connectivity index (χ2n) is 9.36. The molecular weight excluding hydrogens is 404 g/mol. The number of amides is 1. The van der Waals surface area contributed by atoms with E-state index in [-0.39, 0.29) is 36.1 Å². The minimum atomic E-state index is -2.58. The Labute approximate surface area is 178 Å². The number of Topliss-reactive ketones (excluding diaryl/α,β-unsaturated/α-hetero) is 2. The molecule has 0 aliphatic heterocycles. The number of phenols is 1. The largest absolute Gasteiger partial charge is 0.872 e. The molecular formula is C22H24N2O7. The van der Waals surface area contributed by atoms with Crippen LogP contribution in [0.3, 0.4) is 0 Å². The van der Waals surface area contributed by atoms with E-state index in [1.807, 2.05) is 21.1 Å². The molecule has 0 spiro atoms. The Kier molecular flexibility index (Phi) is 4.36. The van der Waals surface area contributed by atoms with Gasteiger partial charge in [-0.3, -0.25) is 18.9 Å². The van der Waals surface area contributed by atoms with Crippen LogP contribution in [0.2, 0.25) is 0 Å². The molecule has 0 bridgehead atoms. The van der Waals surface area contributed by atoms with Crippen LogP contribution < -0.4 is 15.3 Å². The summed E-state index contributed by atoms with van der Waals surface area (Å²) in [4.78, 5) is 37.4. The number of aliphatic hydroxyl groups excluding tert-OH is 1. The van der Waals surface area contributed by atoms with E-state index < -0.39 is 52.0 Å². The van der Waals surface area contributed by atoms with Gasteiger partial charge in [0.15, 0.2) is 17.2 Å². The molecule has 1 aromatic carbocycles. The van der Waals surface area contributed by atoms with Gasteiger partial charge in [0.2, 0.25) is 0 Å². The van der Waals surface area contributed by atoms with Crippen LogP contribution in [0.1, 0.15) is 24.0 Å². The Morgan fingerprint density at radius 2 is 1.84 bits per heavy atom. The summed E-state index contributed by atoms with van der Waals surface area (Å²) in [7, 11) is 5.74. The van der Waals surface area contributed by atoms with Crippen LogP contribution in [-0.2, 0) is 20.8 Å². The SMILES string of the molecule is C[N+](C)(C)c1ccc(O)c2c1C[C@H]1C[C@H]3CC(=O)C(C(N)=O)=C(O)[C@@]3(O)C(=O)C1=C2[O-]. The molecule has 0 saturated heterocycles. The number of fused-ring (bicyclic) bond motifs is 3. The number of hydrogen-bond acceptors (Lipinski definition) is 7. The molecule has 4 rings (SSSR count). The molecule has 3 aliphatic carbocycles. The lowest BCUT2D eigenvalue weighted by molar-refractivity contribution is -0.246. The molecule has 0 unspecified atom stereocenters. The summed E-state index contributed by atoms with van der Waals surface area (Å²) in [6.07, 6.45) is -0.0101. The number of rotatable bonds is 2. The average Bonchev–Trinajstić information content (AvgIpc) is 2.63. The summed E-state index contributed by atoms with van der Waals surface area (Å²) in [5.74, 6) is -6.74. The first-order valence-electron chi connectivity index (χ1n) is 9.92. The van der Waals surface area contributed by atoms with Crippen LogP contribution >= 0.6 is 0 Å². The number of aliphatic hydroxyl groups is 2. The lowest BCUT2D eigenvalue weighted by atomic mass is 9.59. The molecule has 0 aromatic heterocycles. The highest BCUT2D eigenvalue weighted by atomic mass is 16.3. The molecule has 9 heteroatoms. The third-order valence-corrected chi connectivity index (χ3v) is 6.62. The van der Waals surface area contributed by atoms with Gasteiger partial charge < -0.3 is 26.2 Å². The van der Waals surface area contributed by atoms with Crippen LogP contribution in [0.5, 0.6) is 5.75 Å². The maximum absolute atomic E-state index is 13.4. The number of carbonyl (C=O) groups is 3. The summed E-state index contributed by atoms with van der Waals surface area (Å²) in [6.45, 7) is 0. The Balaban J connectivity index is 1.96. The van der Waals surface area contributed by atoms with Crippen molar-refractivity contribution in [2.24, 2.45) is 17.6 Å². The third-order valence-electron chi connectivity index (χ3n) is 6.62. The third kappa shape index (κ3) is 2.73. The molecule has 164 valence electrons. The summed E-state index contributed by atoms with van der Waals surface area (Å²) in [5.41, 5.74) is 2.94. The fourth-order valence-corrected chi connectivity index (χ4v) is 5.21. The van der Waals surface area contributed by atoms with Gasteiger partial charge >= 0.3 is 0 Å². The number of aromatic hydroxyl groups is 1. The summed E-state index contributed by atoms with van der Waals surface area (Å²) < 4.78 is 0.378. The molecule has 3 atom stereocenters. The zero-order chi connectivity index (χ0) is 23.0. The zero-order valence-electron chi connectivity index (χ0n) is 17.4. The summed E-state index contributed by atoms with van der Waals surface area (Å²) >= 11 is 0. The van der Waals surface area contributed by atoms with E-state index in [2.05, 4.69) is 0 Å². The van der Waals surface area contributed by atoms with E-state index in [9.17, 15) is 34.8 Å². The highest BCUT2D eigenvalue weighted by Crippen LogP contribution is 2.52. The second kappa shape index (κ2) is 6.41. The van der Waals surface area contributed by atoms with Gasteiger partial charge in [-0.2, -0.15) is 0 Å². The Hall–Kier alpha value is -3.17. The van der Waals surface area contributed by atoms with E-state index in [0.29, 0.717) is 10.0 Å². The Morgan fingerprint density at radius 1 is 1.19 bits per heavy atom. The molecule has 1 saturated carbocycles. The predicted molar refractivity (Wildman–Crippen MR) is 108 cm³/mol. The zero-order valence-corrected chi connectivity index (χ0v) is 17.4. The number of hydrogen-bond donors (Lipinski definition) is 4. The lowest BCUT2D eigenvalue weighted by Gasteiger charge is -2.48. The van der Waals surface area contributed by atoms with Crippen molar-refractivity contribution in [3.8, 4) is 5.75 Å². The Bertz CT molecular complexity index is 1130. The second-order valence-corrected chi connectivity index (χ2v) is 9.36. The normalized spacial score (nSPS) is 28.3. The number of phenolic OH excluding ortho intramolecular Hbond substituents is 1. The number of quaternary nitrogens is 1. The van der Waals surface area contributed by atoms with Crippen molar-refractivity contribution in [2.75, 3.05) is 21.1 Å². The first-order valence-corrected chi connectivity index (χ1v) is 9.92. The standard InChI is InChI=1S/C22H24N2O7/c1-24(2,3)12-4-5-13(25)16-11(12)7-9-6-10-8-14(26)17(21(23)30)20(29)22(10,31)19(28)15(9)18(16)27/h4-5,9-10,31H,6-8H2,1-3H3,(H4-,23,25,26,27,28,29,30)/t9-,10+,22+/m1/s1. The quantitative estimate of drug-likeness (QED) is 0.362. The van der Waals surface area contributed by atoms with Gasteiger partial charge in [-0.25, -0.2) is 0 Å². The molecule has 1 fully saturated rings. The predicted octanol–water partition coefficient (Wildman–Crippen LogP) is -0.577. The highest BCUT2D eigenvalue weighted by Gasteiger charge is 2.59. The number of primary amides is 1. The Morgan fingerprint density at radius 3 is 2.42 bits per heavy atom. The van der Waals surface area contributed by atoms with Gasteiger partial charge in [-0.1, -0.05) is 5.76 Å². The van der Waals surface area contributed by atoms with Crippen LogP contribution in [0, 0.1) is 11.8 Å². The minimum absolute atomic E-state index is 0.00215. The molecule has 1 amide bonds. The van der Waals surface area contributed by atoms with E-state index in [1.165, 1.54) is 6.07 Å². The number of benzene rings is 1. The van der Waals surface area contributed by atoms with Gasteiger partial charge in [-0.15, -0.1) is 0 Å². The van der Waals surface area contributed by atoms with Gasteiger partial charge in [-0.05, 0) is 30.4 Å². The maximum Gasteiger partial charge on any atom is 0.255 e. The van der Waals surface area contributed by atoms with Gasteiger partial charge in [0.25, 0.3) is 5.91 Å². The molecule has 3 aliphatic rings. The molecule has 0 heterocycles. The van der Waals surface area contributed by atoms with Crippen molar-refractivity contribution in [2.45, 2.75) is 24.9 Å². The van der Waals surface area contributed by atoms with E-state index in [1.54, 1.807) is 6.07 Å². The van der Waals surface area contributed by atoms with E-state index >= 15 is 0 Å².